The van der Waals surface area contributed by atoms with E-state index in [0.717, 1.165) is 26.9 Å². The summed E-state index contributed by atoms with van der Waals surface area (Å²) in [5.41, 5.74) is 14.5. The number of benzene rings is 3. The molecule has 1 aliphatic rings. The Hall–Kier alpha value is -3.94. The summed E-state index contributed by atoms with van der Waals surface area (Å²) >= 11 is 7.98. The first kappa shape index (κ1) is 37.3. The quantitative estimate of drug-likeness (QED) is 0.138. The second-order valence-electron chi connectivity index (χ2n) is 12.5. The van der Waals surface area contributed by atoms with Gasteiger partial charge in [0.1, 0.15) is 17.9 Å². The Morgan fingerprint density at radius 3 is 2.44 bits per heavy atom. The Morgan fingerprint density at radius 1 is 0.900 bits per heavy atom. The van der Waals surface area contributed by atoms with Crippen LogP contribution in [0.4, 0.5) is 4.39 Å². The van der Waals surface area contributed by atoms with Gasteiger partial charge in [-0.05, 0) is 80.6 Å². The van der Waals surface area contributed by atoms with Crippen molar-refractivity contribution in [2.24, 2.45) is 11.5 Å². The molecule has 10 nitrogen and oxygen atoms in total. The van der Waals surface area contributed by atoms with Crippen molar-refractivity contribution >= 4 is 52.0 Å². The van der Waals surface area contributed by atoms with E-state index in [9.17, 15) is 14.4 Å². The molecule has 1 aliphatic heterocycles. The number of fused-ring (bicyclic) bond motifs is 3. The average Bonchev–Trinajstić information content (AvgIpc) is 3.53. The maximum atomic E-state index is 15.6. The van der Waals surface area contributed by atoms with Gasteiger partial charge < -0.3 is 37.3 Å². The molecular formula is C37H45ClFN7O3S. The van der Waals surface area contributed by atoms with E-state index in [2.05, 4.69) is 20.9 Å². The average molecular weight is 722 g/mol. The topological polar surface area (TPSA) is 158 Å². The number of carbonyl (C=O) groups excluding carboxylic acids is 3. The zero-order chi connectivity index (χ0) is 35.6. The molecule has 13 heteroatoms. The molecule has 266 valence electrons. The molecule has 3 amide bonds. The number of hydrogen-bond acceptors (Lipinski definition) is 7. The monoisotopic (exact) mass is 721 g/mol. The maximum absolute atomic E-state index is 15.6. The van der Waals surface area contributed by atoms with E-state index in [1.807, 2.05) is 54.7 Å². The fraction of sp³-hybridized carbons (Fsp3) is 0.378. The molecule has 1 aromatic heterocycles. The summed E-state index contributed by atoms with van der Waals surface area (Å²) in [5, 5.41) is 10.5. The van der Waals surface area contributed by atoms with Gasteiger partial charge in [0.05, 0.1) is 11.1 Å². The fourth-order valence-corrected chi connectivity index (χ4v) is 7.61. The number of aromatic amines is 1. The molecule has 0 aliphatic carbocycles. The van der Waals surface area contributed by atoms with Crippen molar-refractivity contribution in [2.75, 3.05) is 20.1 Å². The molecule has 0 saturated carbocycles. The molecule has 3 aromatic carbocycles. The summed E-state index contributed by atoms with van der Waals surface area (Å²) in [6.07, 6.45) is 4.64. The van der Waals surface area contributed by atoms with Gasteiger partial charge in [-0.3, -0.25) is 14.4 Å². The highest BCUT2D eigenvalue weighted by Gasteiger charge is 2.34. The van der Waals surface area contributed by atoms with Crippen molar-refractivity contribution in [3.63, 3.8) is 0 Å². The van der Waals surface area contributed by atoms with Crippen LogP contribution in [0.5, 0.6) is 0 Å². The molecule has 3 atom stereocenters. The second-order valence-corrected chi connectivity index (χ2v) is 14.0. The number of rotatable bonds is 9. The molecule has 4 aromatic rings. The summed E-state index contributed by atoms with van der Waals surface area (Å²) in [6, 6.07) is 15.6. The normalized spacial score (nSPS) is 19.4. The summed E-state index contributed by atoms with van der Waals surface area (Å²) in [6.45, 7) is 1.00. The minimum absolute atomic E-state index is 0.155. The Balaban J connectivity index is 1.58. The first-order valence-electron chi connectivity index (χ1n) is 17.0. The molecule has 0 bridgehead atoms. The molecule has 0 spiro atoms. The van der Waals surface area contributed by atoms with Crippen molar-refractivity contribution in [1.82, 2.24) is 25.8 Å². The molecule has 8 N–H and O–H groups in total. The first-order valence-corrected chi connectivity index (χ1v) is 18.2. The first-order chi connectivity index (χ1) is 24.2. The number of likely N-dealkylation sites (N-methyl/N-ethyl adjacent to an activating group) is 1. The Bertz CT molecular complexity index is 1800. The Morgan fingerprint density at radius 2 is 1.64 bits per heavy atom. The van der Waals surface area contributed by atoms with E-state index in [1.165, 1.54) is 28.8 Å². The van der Waals surface area contributed by atoms with Crippen LogP contribution in [0.25, 0.3) is 10.9 Å². The smallest absolute Gasteiger partial charge is 0.245 e. The Kier molecular flexibility index (Phi) is 13.3. The summed E-state index contributed by atoms with van der Waals surface area (Å²) < 4.78 is 15.6. The molecule has 5 rings (SSSR count). The van der Waals surface area contributed by atoms with Crippen molar-refractivity contribution in [3.05, 3.63) is 94.4 Å². The third-order valence-corrected chi connectivity index (χ3v) is 10.8. The van der Waals surface area contributed by atoms with Crippen LogP contribution >= 0.6 is 23.4 Å². The van der Waals surface area contributed by atoms with Crippen LogP contribution in [0, 0.1) is 5.82 Å². The predicted octanol–water partition coefficient (Wildman–Crippen LogP) is 4.62. The van der Waals surface area contributed by atoms with Gasteiger partial charge in [0.2, 0.25) is 17.7 Å². The van der Waals surface area contributed by atoms with Gasteiger partial charge in [-0.2, -0.15) is 0 Å². The predicted molar refractivity (Wildman–Crippen MR) is 196 cm³/mol. The van der Waals surface area contributed by atoms with Gasteiger partial charge in [-0.25, -0.2) is 4.39 Å². The minimum Gasteiger partial charge on any atom is -0.361 e. The number of amides is 3. The van der Waals surface area contributed by atoms with Crippen LogP contribution in [-0.4, -0.2) is 65.9 Å². The lowest BCUT2D eigenvalue weighted by molar-refractivity contribution is -0.142. The van der Waals surface area contributed by atoms with Gasteiger partial charge in [-0.15, -0.1) is 0 Å². The van der Waals surface area contributed by atoms with Crippen molar-refractivity contribution < 1.29 is 18.8 Å². The van der Waals surface area contributed by atoms with E-state index in [-0.39, 0.29) is 24.4 Å². The number of aromatic nitrogens is 1. The summed E-state index contributed by atoms with van der Waals surface area (Å²) in [7, 11) is 1.57. The lowest BCUT2D eigenvalue weighted by Crippen LogP contribution is -2.57. The third-order valence-electron chi connectivity index (χ3n) is 9.10. The Labute approximate surface area is 301 Å². The van der Waals surface area contributed by atoms with Crippen LogP contribution < -0.4 is 27.4 Å². The molecule has 0 saturated heterocycles. The SMILES string of the molecule is CN1C(=O)C(CCCCN)NC(=O)C(CCCN)NCc2ccccc2Sc2c(Cl)ccc(F)c2CNC(=O)C1Cc1c[nH]c2ccccc12. The number of unbranched alkanes of at least 4 members (excludes halogenated alkanes) is 1. The number of nitrogens with zero attached hydrogens (tertiary/aromatic N) is 1. The maximum Gasteiger partial charge on any atom is 0.245 e. The van der Waals surface area contributed by atoms with Gasteiger partial charge >= 0.3 is 0 Å². The number of H-pyrrole nitrogens is 1. The number of nitrogens with one attached hydrogen (secondary N) is 4. The third kappa shape index (κ3) is 9.04. The standard InChI is InChI=1S/C37H45ClFN7O3S/c1-46-32(19-24-21-42-29-11-4-3-10-25(24)29)36(48)44-22-26-28(39)16-15-27(38)34(26)50-33-14-5-2-9-23(33)20-43-30(13-8-18-41)35(47)45-31(37(46)49)12-6-7-17-40/h2-5,9-11,14-16,21,30-32,42-43H,6-8,12-13,17-20,22,40-41H2,1H3,(H,44,48)(H,45,47). The van der Waals surface area contributed by atoms with E-state index in [4.69, 9.17) is 23.1 Å². The molecule has 2 heterocycles. The number of para-hydroxylation sites is 1. The highest BCUT2D eigenvalue weighted by molar-refractivity contribution is 7.99. The van der Waals surface area contributed by atoms with Crippen molar-refractivity contribution in [2.45, 2.75) is 79.5 Å². The number of hydrogen-bond donors (Lipinski definition) is 6. The van der Waals surface area contributed by atoms with Crippen molar-refractivity contribution in [3.8, 4) is 0 Å². The van der Waals surface area contributed by atoms with E-state index < -0.39 is 35.8 Å². The van der Waals surface area contributed by atoms with Crippen molar-refractivity contribution in [1.29, 1.82) is 0 Å². The number of carbonyl (C=O) groups is 3. The van der Waals surface area contributed by atoms with E-state index >= 15 is 4.39 Å². The molecule has 3 unspecified atom stereocenters. The van der Waals surface area contributed by atoms with E-state index in [0.29, 0.717) is 61.7 Å². The molecular weight excluding hydrogens is 677 g/mol. The summed E-state index contributed by atoms with van der Waals surface area (Å²) in [4.78, 5) is 48.3. The molecule has 0 fully saturated rings. The molecule has 0 radical (unpaired) electrons. The van der Waals surface area contributed by atoms with Gasteiger partial charge in [0.25, 0.3) is 0 Å². The van der Waals surface area contributed by atoms with Crippen LogP contribution in [0.15, 0.2) is 76.7 Å². The lowest BCUT2D eigenvalue weighted by Gasteiger charge is -2.32. The van der Waals surface area contributed by atoms with Gasteiger partial charge in [0, 0.05) is 59.0 Å². The minimum atomic E-state index is -0.989. The lowest BCUT2D eigenvalue weighted by atomic mass is 10.0. The highest BCUT2D eigenvalue weighted by Crippen LogP contribution is 2.39. The van der Waals surface area contributed by atoms with Gasteiger partial charge in [0.15, 0.2) is 0 Å². The van der Waals surface area contributed by atoms with Crippen LogP contribution in [0.1, 0.15) is 48.8 Å². The fourth-order valence-electron chi connectivity index (χ4n) is 6.22. The van der Waals surface area contributed by atoms with Crippen LogP contribution in [0.3, 0.4) is 0 Å². The van der Waals surface area contributed by atoms with Crippen LogP contribution in [-0.2, 0) is 33.9 Å². The largest absolute Gasteiger partial charge is 0.361 e. The van der Waals surface area contributed by atoms with Crippen LogP contribution in [0.2, 0.25) is 5.02 Å². The zero-order valence-electron chi connectivity index (χ0n) is 28.1. The highest BCUT2D eigenvalue weighted by atomic mass is 35.5. The van der Waals surface area contributed by atoms with E-state index in [1.54, 1.807) is 7.05 Å². The summed E-state index contributed by atoms with van der Waals surface area (Å²) in [5.74, 6) is -1.73. The number of nitrogens with two attached hydrogens (primary N) is 2. The second kappa shape index (κ2) is 17.8. The number of halogens is 2. The van der Waals surface area contributed by atoms with Gasteiger partial charge in [-0.1, -0.05) is 59.8 Å². The molecule has 50 heavy (non-hydrogen) atoms. The zero-order valence-corrected chi connectivity index (χ0v) is 29.7.